The maximum absolute atomic E-state index is 12.0. The fourth-order valence-corrected chi connectivity index (χ4v) is 3.02. The SMILES string of the molecule is CCS(=O)(=O)c1ccc(C(=O)NCC(CC(C)C)C(=O)O)cc1. The van der Waals surface area contributed by atoms with Gasteiger partial charge in [0.25, 0.3) is 5.91 Å². The van der Waals surface area contributed by atoms with E-state index < -0.39 is 27.6 Å². The fourth-order valence-electron chi connectivity index (χ4n) is 2.14. The molecule has 1 unspecified atom stereocenters. The van der Waals surface area contributed by atoms with Gasteiger partial charge in [-0.3, -0.25) is 9.59 Å². The van der Waals surface area contributed by atoms with E-state index in [9.17, 15) is 18.0 Å². The number of sulfone groups is 1. The average molecular weight is 341 g/mol. The van der Waals surface area contributed by atoms with Gasteiger partial charge in [0.2, 0.25) is 0 Å². The smallest absolute Gasteiger partial charge is 0.308 e. The van der Waals surface area contributed by atoms with Crippen LogP contribution in [0.25, 0.3) is 0 Å². The van der Waals surface area contributed by atoms with Crippen LogP contribution in [0.5, 0.6) is 0 Å². The predicted molar refractivity (Wildman–Crippen MR) is 87.1 cm³/mol. The minimum absolute atomic E-state index is 0.00592. The lowest BCUT2D eigenvalue weighted by Gasteiger charge is -2.15. The van der Waals surface area contributed by atoms with Gasteiger partial charge in [-0.25, -0.2) is 8.42 Å². The number of carbonyl (C=O) groups excluding carboxylic acids is 1. The number of carbonyl (C=O) groups is 2. The van der Waals surface area contributed by atoms with Crippen molar-refractivity contribution < 1.29 is 23.1 Å². The van der Waals surface area contributed by atoms with E-state index in [1.807, 2.05) is 13.8 Å². The highest BCUT2D eigenvalue weighted by Crippen LogP contribution is 2.14. The molecule has 6 nitrogen and oxygen atoms in total. The van der Waals surface area contributed by atoms with Crippen molar-refractivity contribution >= 4 is 21.7 Å². The maximum Gasteiger partial charge on any atom is 0.308 e. The number of carboxylic acids is 1. The Bertz CT molecular complexity index is 650. The molecule has 1 amide bonds. The molecule has 1 rings (SSSR count). The van der Waals surface area contributed by atoms with Crippen LogP contribution >= 0.6 is 0 Å². The van der Waals surface area contributed by atoms with E-state index in [-0.39, 0.29) is 23.1 Å². The van der Waals surface area contributed by atoms with Gasteiger partial charge in [-0.05, 0) is 36.6 Å². The predicted octanol–water partition coefficient (Wildman–Crippen LogP) is 1.96. The Morgan fingerprint density at radius 3 is 2.17 bits per heavy atom. The van der Waals surface area contributed by atoms with E-state index in [4.69, 9.17) is 5.11 Å². The third-order valence-electron chi connectivity index (χ3n) is 3.47. The minimum atomic E-state index is -3.30. The molecule has 128 valence electrons. The summed E-state index contributed by atoms with van der Waals surface area (Å²) in [6.45, 7) is 5.44. The molecule has 1 aromatic carbocycles. The van der Waals surface area contributed by atoms with Crippen molar-refractivity contribution in [3.8, 4) is 0 Å². The monoisotopic (exact) mass is 341 g/mol. The highest BCUT2D eigenvalue weighted by molar-refractivity contribution is 7.91. The lowest BCUT2D eigenvalue weighted by atomic mass is 9.97. The molecule has 0 heterocycles. The van der Waals surface area contributed by atoms with E-state index in [0.717, 1.165) is 0 Å². The standard InChI is InChI=1S/C16H23NO5S/c1-4-23(21,22)14-7-5-12(6-8-14)15(18)17-10-13(16(19)20)9-11(2)3/h5-8,11,13H,4,9-10H2,1-3H3,(H,17,18)(H,19,20). The zero-order chi connectivity index (χ0) is 17.6. The zero-order valence-electron chi connectivity index (χ0n) is 13.6. The number of aliphatic carboxylic acids is 1. The van der Waals surface area contributed by atoms with Gasteiger partial charge in [0, 0.05) is 12.1 Å². The Labute approximate surface area is 136 Å². The molecule has 0 aliphatic carbocycles. The number of nitrogens with one attached hydrogen (secondary N) is 1. The molecule has 2 N–H and O–H groups in total. The normalized spacial score (nSPS) is 12.9. The van der Waals surface area contributed by atoms with Gasteiger partial charge in [-0.1, -0.05) is 20.8 Å². The summed E-state index contributed by atoms with van der Waals surface area (Å²) in [4.78, 5) is 23.4. The second-order valence-electron chi connectivity index (χ2n) is 5.80. The first-order chi connectivity index (χ1) is 10.7. The van der Waals surface area contributed by atoms with Gasteiger partial charge in [0.15, 0.2) is 9.84 Å². The van der Waals surface area contributed by atoms with Gasteiger partial charge >= 0.3 is 5.97 Å². The summed E-state index contributed by atoms with van der Waals surface area (Å²) in [6.07, 6.45) is 0.475. The molecular formula is C16H23NO5S. The summed E-state index contributed by atoms with van der Waals surface area (Å²) < 4.78 is 23.4. The quantitative estimate of drug-likeness (QED) is 0.753. The number of hydrogen-bond donors (Lipinski definition) is 2. The Hall–Kier alpha value is -1.89. The molecular weight excluding hydrogens is 318 g/mol. The second-order valence-corrected chi connectivity index (χ2v) is 8.08. The van der Waals surface area contributed by atoms with Crippen LogP contribution in [0.3, 0.4) is 0 Å². The first kappa shape index (κ1) is 19.2. The lowest BCUT2D eigenvalue weighted by molar-refractivity contribution is -0.142. The van der Waals surface area contributed by atoms with Crippen molar-refractivity contribution in [2.24, 2.45) is 11.8 Å². The third kappa shape index (κ3) is 5.67. The summed E-state index contributed by atoms with van der Waals surface area (Å²) in [7, 11) is -3.30. The Balaban J connectivity index is 2.73. The van der Waals surface area contributed by atoms with Crippen molar-refractivity contribution in [2.75, 3.05) is 12.3 Å². The van der Waals surface area contributed by atoms with Gasteiger partial charge in [-0.15, -0.1) is 0 Å². The van der Waals surface area contributed by atoms with Crippen LogP contribution in [0.15, 0.2) is 29.2 Å². The Morgan fingerprint density at radius 1 is 1.17 bits per heavy atom. The van der Waals surface area contributed by atoms with Gasteiger partial charge in [0.05, 0.1) is 16.6 Å². The molecule has 0 bridgehead atoms. The zero-order valence-corrected chi connectivity index (χ0v) is 14.4. The highest BCUT2D eigenvalue weighted by Gasteiger charge is 2.20. The largest absolute Gasteiger partial charge is 0.481 e. The molecule has 0 spiro atoms. The molecule has 1 atom stereocenters. The number of hydrogen-bond acceptors (Lipinski definition) is 4. The molecule has 0 aromatic heterocycles. The summed E-state index contributed by atoms with van der Waals surface area (Å²) in [5.41, 5.74) is 0.300. The third-order valence-corrected chi connectivity index (χ3v) is 5.22. The van der Waals surface area contributed by atoms with Crippen LogP contribution in [-0.2, 0) is 14.6 Å². The van der Waals surface area contributed by atoms with Crippen molar-refractivity contribution in [1.82, 2.24) is 5.32 Å². The highest BCUT2D eigenvalue weighted by atomic mass is 32.2. The van der Waals surface area contributed by atoms with Crippen LogP contribution in [-0.4, -0.2) is 37.7 Å². The van der Waals surface area contributed by atoms with E-state index in [1.54, 1.807) is 6.92 Å². The molecule has 0 aliphatic rings. The summed E-state index contributed by atoms with van der Waals surface area (Å²) >= 11 is 0. The van der Waals surface area contributed by atoms with Crippen molar-refractivity contribution in [3.05, 3.63) is 29.8 Å². The van der Waals surface area contributed by atoms with E-state index in [0.29, 0.717) is 12.0 Å². The number of carboxylic acid groups (broad SMARTS) is 1. The van der Waals surface area contributed by atoms with Crippen LogP contribution in [0.2, 0.25) is 0 Å². The van der Waals surface area contributed by atoms with Crippen LogP contribution < -0.4 is 5.32 Å². The first-order valence-electron chi connectivity index (χ1n) is 7.51. The molecule has 0 saturated heterocycles. The molecule has 7 heteroatoms. The van der Waals surface area contributed by atoms with Gasteiger partial charge < -0.3 is 10.4 Å². The lowest BCUT2D eigenvalue weighted by Crippen LogP contribution is -2.33. The maximum atomic E-state index is 12.0. The van der Waals surface area contributed by atoms with E-state index >= 15 is 0 Å². The Morgan fingerprint density at radius 2 is 1.74 bits per heavy atom. The second kappa shape index (κ2) is 8.10. The fraction of sp³-hybridized carbons (Fsp3) is 0.500. The summed E-state index contributed by atoms with van der Waals surface area (Å²) in [6, 6.07) is 5.62. The number of amides is 1. The van der Waals surface area contributed by atoms with Crippen LogP contribution in [0.4, 0.5) is 0 Å². The molecule has 0 fully saturated rings. The molecule has 0 saturated carbocycles. The first-order valence-corrected chi connectivity index (χ1v) is 9.16. The molecule has 0 radical (unpaired) electrons. The van der Waals surface area contributed by atoms with Crippen LogP contribution in [0.1, 0.15) is 37.6 Å². The Kier molecular flexibility index (Phi) is 6.75. The molecule has 1 aromatic rings. The number of benzene rings is 1. The van der Waals surface area contributed by atoms with Crippen molar-refractivity contribution in [2.45, 2.75) is 32.1 Å². The van der Waals surface area contributed by atoms with E-state index in [2.05, 4.69) is 5.32 Å². The van der Waals surface area contributed by atoms with Crippen molar-refractivity contribution in [3.63, 3.8) is 0 Å². The molecule has 0 aliphatic heterocycles. The minimum Gasteiger partial charge on any atom is -0.481 e. The van der Waals surface area contributed by atoms with Crippen molar-refractivity contribution in [1.29, 1.82) is 0 Å². The topological polar surface area (TPSA) is 101 Å². The van der Waals surface area contributed by atoms with Gasteiger partial charge in [-0.2, -0.15) is 0 Å². The van der Waals surface area contributed by atoms with Gasteiger partial charge in [0.1, 0.15) is 0 Å². The van der Waals surface area contributed by atoms with E-state index in [1.165, 1.54) is 24.3 Å². The average Bonchev–Trinajstić information content (AvgIpc) is 2.50. The summed E-state index contributed by atoms with van der Waals surface area (Å²) in [5.74, 6) is -1.79. The van der Waals surface area contributed by atoms with Crippen LogP contribution in [0, 0.1) is 11.8 Å². The summed E-state index contributed by atoms with van der Waals surface area (Å²) in [5, 5.41) is 11.7. The molecule has 23 heavy (non-hydrogen) atoms. The number of rotatable bonds is 8.